The second-order valence-corrected chi connectivity index (χ2v) is 11.0. The van der Waals surface area contributed by atoms with Crippen LogP contribution in [-0.2, 0) is 16.6 Å². The maximum atomic E-state index is 12.8. The van der Waals surface area contributed by atoms with E-state index < -0.39 is 11.9 Å². The van der Waals surface area contributed by atoms with Gasteiger partial charge in [-0.25, -0.2) is 4.79 Å². The summed E-state index contributed by atoms with van der Waals surface area (Å²) in [6.07, 6.45) is 0. The third kappa shape index (κ3) is 5.45. The highest BCUT2D eigenvalue weighted by Gasteiger charge is 2.26. The summed E-state index contributed by atoms with van der Waals surface area (Å²) < 4.78 is 6.95. The Morgan fingerprint density at radius 1 is 1.16 bits per heavy atom. The molecule has 0 bridgehead atoms. The zero-order valence-electron chi connectivity index (χ0n) is 20.7. The zero-order valence-corrected chi connectivity index (χ0v) is 23.1. The second kappa shape index (κ2) is 11.3. The van der Waals surface area contributed by atoms with E-state index in [4.69, 9.17) is 10.5 Å². The van der Waals surface area contributed by atoms with Gasteiger partial charge in [0, 0.05) is 28.4 Å². The van der Waals surface area contributed by atoms with E-state index in [9.17, 15) is 14.4 Å². The number of hydrogen-bond donors (Lipinski definition) is 2. The van der Waals surface area contributed by atoms with Crippen molar-refractivity contribution in [1.29, 1.82) is 0 Å². The number of thiophene rings is 2. The molecule has 1 aromatic carbocycles. The van der Waals surface area contributed by atoms with Crippen molar-refractivity contribution in [1.82, 2.24) is 14.8 Å². The first-order valence-corrected chi connectivity index (χ1v) is 14.0. The number of nitrogens with two attached hydrogens (primary N) is 1. The molecule has 0 radical (unpaired) electrons. The summed E-state index contributed by atoms with van der Waals surface area (Å²) in [5.74, 6) is -0.937. The van der Waals surface area contributed by atoms with Crippen molar-refractivity contribution in [3.05, 3.63) is 56.6 Å². The van der Waals surface area contributed by atoms with Crippen molar-refractivity contribution < 1.29 is 19.1 Å². The molecule has 0 spiro atoms. The summed E-state index contributed by atoms with van der Waals surface area (Å²) in [5.41, 5.74) is 9.16. The van der Waals surface area contributed by atoms with Crippen LogP contribution in [0.4, 0.5) is 5.00 Å². The van der Waals surface area contributed by atoms with Crippen molar-refractivity contribution >= 4 is 57.2 Å². The van der Waals surface area contributed by atoms with Crippen LogP contribution in [0.5, 0.6) is 0 Å². The standard InChI is InChI=1S/C25H25N5O4S3/c1-5-34-24(33)18-13(2)20(21(26)32)37-23(18)27-17(31)12-36-25-29-28-22(30(25)4)16-11-35-14(3)19(16)15-9-7-6-8-10-15/h6-11H,5,12H2,1-4H3,(H2,26,32)(H,27,31). The van der Waals surface area contributed by atoms with E-state index in [1.807, 2.05) is 29.8 Å². The van der Waals surface area contributed by atoms with E-state index >= 15 is 0 Å². The van der Waals surface area contributed by atoms with Gasteiger partial charge >= 0.3 is 5.97 Å². The predicted molar refractivity (Wildman–Crippen MR) is 147 cm³/mol. The van der Waals surface area contributed by atoms with E-state index in [-0.39, 0.29) is 33.7 Å². The first-order valence-electron chi connectivity index (χ1n) is 11.3. The van der Waals surface area contributed by atoms with Gasteiger partial charge in [-0.05, 0) is 31.9 Å². The van der Waals surface area contributed by atoms with Crippen molar-refractivity contribution in [3.63, 3.8) is 0 Å². The van der Waals surface area contributed by atoms with E-state index in [1.165, 1.54) is 16.6 Å². The van der Waals surface area contributed by atoms with Crippen LogP contribution in [-0.4, -0.2) is 44.9 Å². The van der Waals surface area contributed by atoms with Crippen LogP contribution >= 0.6 is 34.4 Å². The van der Waals surface area contributed by atoms with Gasteiger partial charge in [-0.2, -0.15) is 0 Å². The smallest absolute Gasteiger partial charge is 0.341 e. The van der Waals surface area contributed by atoms with Crippen LogP contribution in [0.15, 0.2) is 40.9 Å². The summed E-state index contributed by atoms with van der Waals surface area (Å²) in [6, 6.07) is 10.1. The number of carbonyl (C=O) groups excluding carboxylic acids is 3. The zero-order chi connectivity index (χ0) is 26.7. The first kappa shape index (κ1) is 26.6. The quantitative estimate of drug-likeness (QED) is 0.222. The van der Waals surface area contributed by atoms with Gasteiger partial charge in [0.15, 0.2) is 11.0 Å². The molecule has 0 saturated heterocycles. The lowest BCUT2D eigenvalue weighted by molar-refractivity contribution is -0.113. The number of nitrogens with one attached hydrogen (secondary N) is 1. The molecular formula is C25H25N5O4S3. The van der Waals surface area contributed by atoms with E-state index in [2.05, 4.69) is 40.0 Å². The number of rotatable bonds is 9. The van der Waals surface area contributed by atoms with Crippen LogP contribution in [0.1, 0.15) is 37.4 Å². The number of carbonyl (C=O) groups is 3. The summed E-state index contributed by atoms with van der Waals surface area (Å²) >= 11 is 3.82. The van der Waals surface area contributed by atoms with Gasteiger partial charge in [0.25, 0.3) is 5.91 Å². The molecule has 0 unspecified atom stereocenters. The number of aryl methyl sites for hydroxylation is 1. The second-order valence-electron chi connectivity index (χ2n) is 7.99. The van der Waals surface area contributed by atoms with Crippen molar-refractivity contribution in [3.8, 4) is 22.5 Å². The highest BCUT2D eigenvalue weighted by atomic mass is 32.2. The molecule has 4 aromatic rings. The lowest BCUT2D eigenvalue weighted by atomic mass is 10.0. The molecule has 0 aliphatic heterocycles. The van der Waals surface area contributed by atoms with Gasteiger partial charge in [-0.15, -0.1) is 32.9 Å². The molecule has 3 heterocycles. The van der Waals surface area contributed by atoms with Crippen LogP contribution < -0.4 is 11.1 Å². The van der Waals surface area contributed by atoms with E-state index in [0.717, 1.165) is 28.0 Å². The van der Waals surface area contributed by atoms with Crippen LogP contribution in [0.2, 0.25) is 0 Å². The third-order valence-electron chi connectivity index (χ3n) is 5.55. The van der Waals surface area contributed by atoms with Crippen molar-refractivity contribution in [2.75, 3.05) is 17.7 Å². The summed E-state index contributed by atoms with van der Waals surface area (Å²) in [7, 11) is 1.86. The number of esters is 1. The molecule has 192 valence electrons. The highest BCUT2D eigenvalue weighted by molar-refractivity contribution is 7.99. The minimum atomic E-state index is -0.673. The number of hydrogen-bond acceptors (Lipinski definition) is 9. The molecule has 0 aliphatic carbocycles. The Bertz CT molecular complexity index is 1470. The van der Waals surface area contributed by atoms with Crippen LogP contribution in [0.25, 0.3) is 22.5 Å². The normalized spacial score (nSPS) is 10.9. The molecule has 12 heteroatoms. The van der Waals surface area contributed by atoms with Crippen LogP contribution in [0, 0.1) is 13.8 Å². The lowest BCUT2D eigenvalue weighted by Gasteiger charge is -2.08. The van der Waals surface area contributed by atoms with Crippen molar-refractivity contribution in [2.24, 2.45) is 12.8 Å². The number of thioether (sulfide) groups is 1. The number of ether oxygens (including phenoxy) is 1. The van der Waals surface area contributed by atoms with Gasteiger partial charge in [-0.3, -0.25) is 9.59 Å². The Labute approximate surface area is 226 Å². The Morgan fingerprint density at radius 3 is 2.57 bits per heavy atom. The number of amides is 2. The topological polar surface area (TPSA) is 129 Å². The highest BCUT2D eigenvalue weighted by Crippen LogP contribution is 2.39. The molecule has 2 amide bonds. The van der Waals surface area contributed by atoms with Gasteiger partial charge in [0.1, 0.15) is 5.00 Å². The fraction of sp³-hybridized carbons (Fsp3) is 0.240. The van der Waals surface area contributed by atoms with E-state index in [1.54, 1.807) is 25.2 Å². The summed E-state index contributed by atoms with van der Waals surface area (Å²) in [5, 5.41) is 14.3. The van der Waals surface area contributed by atoms with Gasteiger partial charge in [0.2, 0.25) is 5.91 Å². The Balaban J connectivity index is 1.52. The summed E-state index contributed by atoms with van der Waals surface area (Å²) in [4.78, 5) is 38.4. The molecule has 0 fully saturated rings. The van der Waals surface area contributed by atoms with Crippen molar-refractivity contribution in [2.45, 2.75) is 25.9 Å². The predicted octanol–water partition coefficient (Wildman–Crippen LogP) is 4.90. The Hall–Kier alpha value is -3.48. The molecule has 0 saturated carbocycles. The monoisotopic (exact) mass is 555 g/mol. The lowest BCUT2D eigenvalue weighted by Crippen LogP contribution is -2.17. The van der Waals surface area contributed by atoms with E-state index in [0.29, 0.717) is 16.5 Å². The molecule has 9 nitrogen and oxygen atoms in total. The SMILES string of the molecule is CCOC(=O)c1c(NC(=O)CSc2nnc(-c3csc(C)c3-c3ccccc3)n2C)sc(C(N)=O)c1C. The average Bonchev–Trinajstić information content (AvgIpc) is 3.53. The number of aromatic nitrogens is 3. The van der Waals surface area contributed by atoms with Gasteiger partial charge < -0.3 is 20.4 Å². The number of primary amides is 1. The number of nitrogens with zero attached hydrogens (tertiary/aromatic N) is 3. The number of benzene rings is 1. The number of anilines is 1. The minimum absolute atomic E-state index is 0.0191. The maximum absolute atomic E-state index is 12.8. The average molecular weight is 556 g/mol. The Morgan fingerprint density at radius 2 is 1.89 bits per heavy atom. The Kier molecular flexibility index (Phi) is 8.10. The van der Waals surface area contributed by atoms with Crippen LogP contribution in [0.3, 0.4) is 0 Å². The molecule has 3 N–H and O–H groups in total. The molecule has 0 aliphatic rings. The van der Waals surface area contributed by atoms with Gasteiger partial charge in [-0.1, -0.05) is 42.1 Å². The minimum Gasteiger partial charge on any atom is -0.462 e. The molecule has 4 rings (SSSR count). The largest absolute Gasteiger partial charge is 0.462 e. The molecule has 0 atom stereocenters. The third-order valence-corrected chi connectivity index (χ3v) is 8.70. The molecule has 37 heavy (non-hydrogen) atoms. The van der Waals surface area contributed by atoms with Gasteiger partial charge in [0.05, 0.1) is 22.8 Å². The fourth-order valence-electron chi connectivity index (χ4n) is 3.84. The molecular weight excluding hydrogens is 531 g/mol. The fourth-order valence-corrected chi connectivity index (χ4v) is 6.47. The maximum Gasteiger partial charge on any atom is 0.341 e. The molecule has 3 aromatic heterocycles. The first-order chi connectivity index (χ1) is 17.7. The summed E-state index contributed by atoms with van der Waals surface area (Å²) in [6.45, 7) is 5.52.